The van der Waals surface area contributed by atoms with E-state index in [0.717, 1.165) is 30.8 Å². The van der Waals surface area contributed by atoms with Gasteiger partial charge in [-0.25, -0.2) is 4.39 Å². The fraction of sp³-hybridized carbons (Fsp3) is 0.478. The van der Waals surface area contributed by atoms with Crippen molar-refractivity contribution in [2.24, 2.45) is 0 Å². The smallest absolute Gasteiger partial charge is 0.180 e. The van der Waals surface area contributed by atoms with E-state index in [-0.39, 0.29) is 5.82 Å². The molecule has 1 atom stereocenters. The maximum absolute atomic E-state index is 13.1. The third-order valence-corrected chi connectivity index (χ3v) is 5.56. The Hall–Kier alpha value is -1.82. The van der Waals surface area contributed by atoms with E-state index >= 15 is 0 Å². The molecule has 1 aliphatic rings. The molecule has 0 radical (unpaired) electrons. The van der Waals surface area contributed by atoms with Gasteiger partial charge >= 0.3 is 0 Å². The van der Waals surface area contributed by atoms with E-state index in [1.165, 1.54) is 31.5 Å². The number of nitrogens with zero attached hydrogens (tertiary/aromatic N) is 1. The molecule has 4 nitrogen and oxygen atoms in total. The van der Waals surface area contributed by atoms with Crippen molar-refractivity contribution in [1.82, 2.24) is 10.2 Å². The lowest BCUT2D eigenvalue weighted by Crippen LogP contribution is -2.37. The van der Waals surface area contributed by atoms with Crippen LogP contribution in [0.4, 0.5) is 4.39 Å². The number of hydrogen-bond acceptors (Lipinski definition) is 4. The van der Waals surface area contributed by atoms with Gasteiger partial charge in [0.2, 0.25) is 0 Å². The molecule has 1 fully saturated rings. The zero-order valence-corrected chi connectivity index (χ0v) is 18.0. The Morgan fingerprint density at radius 1 is 1.14 bits per heavy atom. The van der Waals surface area contributed by atoms with Crippen LogP contribution in [0.2, 0.25) is 5.02 Å². The topological polar surface area (TPSA) is 33.7 Å². The van der Waals surface area contributed by atoms with Gasteiger partial charge in [-0.15, -0.1) is 0 Å². The van der Waals surface area contributed by atoms with Crippen molar-refractivity contribution in [3.8, 4) is 11.5 Å². The Morgan fingerprint density at radius 2 is 1.93 bits per heavy atom. The maximum atomic E-state index is 13.1. The van der Waals surface area contributed by atoms with Crippen LogP contribution >= 0.6 is 11.6 Å². The van der Waals surface area contributed by atoms with E-state index in [0.29, 0.717) is 35.8 Å². The Bertz CT molecular complexity index is 785. The first-order chi connectivity index (χ1) is 14.1. The Kier molecular flexibility index (Phi) is 8.16. The number of hydrogen-bond donors (Lipinski definition) is 1. The Morgan fingerprint density at radius 3 is 2.66 bits per heavy atom. The molecular weight excluding hydrogens is 391 g/mol. The summed E-state index contributed by atoms with van der Waals surface area (Å²) in [6.07, 6.45) is 2.53. The molecule has 0 bridgehead atoms. The molecule has 0 aliphatic carbocycles. The van der Waals surface area contributed by atoms with E-state index in [9.17, 15) is 4.39 Å². The van der Waals surface area contributed by atoms with Crippen molar-refractivity contribution < 1.29 is 13.9 Å². The summed E-state index contributed by atoms with van der Waals surface area (Å²) in [7, 11) is 0. The highest BCUT2D eigenvalue weighted by Crippen LogP contribution is 2.37. The molecule has 1 saturated heterocycles. The molecule has 2 aromatic rings. The van der Waals surface area contributed by atoms with Crippen LogP contribution < -0.4 is 14.8 Å². The third-order valence-electron chi connectivity index (χ3n) is 5.28. The van der Waals surface area contributed by atoms with Gasteiger partial charge in [-0.1, -0.05) is 30.7 Å². The predicted molar refractivity (Wildman–Crippen MR) is 115 cm³/mol. The van der Waals surface area contributed by atoms with Gasteiger partial charge in [0.1, 0.15) is 12.4 Å². The number of halogens is 2. The lowest BCUT2D eigenvalue weighted by molar-refractivity contribution is 0.259. The standard InChI is InChI=1S/C23H30ClFN2O2/c1-3-27-11-5-6-20(27)15-26-14-18-12-21(24)23(22(13-18)28-4-2)29-16-17-7-9-19(25)10-8-17/h7-10,12-13,20,26H,3-6,11,14-16H2,1-2H3/t20-/m0/s1. The molecule has 1 N–H and O–H groups in total. The average Bonchev–Trinajstić information content (AvgIpc) is 3.16. The minimum atomic E-state index is -0.265. The number of nitrogens with one attached hydrogen (secondary N) is 1. The lowest BCUT2D eigenvalue weighted by atomic mass is 10.1. The SMILES string of the molecule is CCOc1cc(CNC[C@@H]2CCCN2CC)cc(Cl)c1OCc1ccc(F)cc1. The van der Waals surface area contributed by atoms with Crippen LogP contribution in [0.1, 0.15) is 37.8 Å². The quantitative estimate of drug-likeness (QED) is 0.584. The van der Waals surface area contributed by atoms with Crippen molar-refractivity contribution in [3.63, 3.8) is 0 Å². The highest BCUT2D eigenvalue weighted by Gasteiger charge is 2.22. The van der Waals surface area contributed by atoms with Gasteiger partial charge in [-0.2, -0.15) is 0 Å². The zero-order valence-electron chi connectivity index (χ0n) is 17.2. The summed E-state index contributed by atoms with van der Waals surface area (Å²) in [5.41, 5.74) is 1.93. The molecule has 1 heterocycles. The highest BCUT2D eigenvalue weighted by atomic mass is 35.5. The molecule has 1 aliphatic heterocycles. The average molecular weight is 421 g/mol. The summed E-state index contributed by atoms with van der Waals surface area (Å²) < 4.78 is 24.8. The van der Waals surface area contributed by atoms with Crippen LogP contribution in [0.3, 0.4) is 0 Å². The first kappa shape index (κ1) is 21.9. The zero-order chi connectivity index (χ0) is 20.6. The van der Waals surface area contributed by atoms with Crippen molar-refractivity contribution in [2.75, 3.05) is 26.2 Å². The first-order valence-electron chi connectivity index (χ1n) is 10.4. The highest BCUT2D eigenvalue weighted by molar-refractivity contribution is 6.32. The number of ether oxygens (including phenoxy) is 2. The Labute approximate surface area is 178 Å². The predicted octanol–water partition coefficient (Wildman–Crippen LogP) is 5.03. The first-order valence-corrected chi connectivity index (χ1v) is 10.8. The molecule has 2 aromatic carbocycles. The van der Waals surface area contributed by atoms with Crippen molar-refractivity contribution in [1.29, 1.82) is 0 Å². The molecule has 158 valence electrons. The van der Waals surface area contributed by atoms with Gasteiger partial charge in [0.25, 0.3) is 0 Å². The summed E-state index contributed by atoms with van der Waals surface area (Å²) in [6.45, 7) is 8.97. The van der Waals surface area contributed by atoms with Gasteiger partial charge in [0.05, 0.1) is 11.6 Å². The van der Waals surface area contributed by atoms with Crippen LogP contribution in [-0.4, -0.2) is 37.2 Å². The lowest BCUT2D eigenvalue weighted by Gasteiger charge is -2.23. The molecular formula is C23H30ClFN2O2. The molecule has 0 saturated carbocycles. The van der Waals surface area contributed by atoms with Gasteiger partial charge in [-0.05, 0) is 68.2 Å². The van der Waals surface area contributed by atoms with Crippen LogP contribution in [0.5, 0.6) is 11.5 Å². The molecule has 3 rings (SSSR count). The second-order valence-electron chi connectivity index (χ2n) is 7.31. The summed E-state index contributed by atoms with van der Waals surface area (Å²) >= 11 is 6.51. The second kappa shape index (κ2) is 10.8. The summed E-state index contributed by atoms with van der Waals surface area (Å²) in [5.74, 6) is 0.891. The summed E-state index contributed by atoms with van der Waals surface area (Å²) in [5, 5.41) is 4.07. The molecule has 0 unspecified atom stereocenters. The second-order valence-corrected chi connectivity index (χ2v) is 7.72. The number of rotatable bonds is 10. The normalized spacial score (nSPS) is 16.9. The molecule has 0 amide bonds. The van der Waals surface area contributed by atoms with Gasteiger partial charge in [-0.3, -0.25) is 4.90 Å². The third kappa shape index (κ3) is 6.08. The largest absolute Gasteiger partial charge is 0.490 e. The van der Waals surface area contributed by atoms with E-state index in [4.69, 9.17) is 21.1 Å². The van der Waals surface area contributed by atoms with Gasteiger partial charge in [0.15, 0.2) is 11.5 Å². The van der Waals surface area contributed by atoms with Gasteiger partial charge in [0, 0.05) is 19.1 Å². The molecule has 6 heteroatoms. The van der Waals surface area contributed by atoms with Crippen molar-refractivity contribution >= 4 is 11.6 Å². The molecule has 0 aromatic heterocycles. The number of likely N-dealkylation sites (N-methyl/N-ethyl adjacent to an activating group) is 1. The summed E-state index contributed by atoms with van der Waals surface area (Å²) in [4.78, 5) is 2.53. The van der Waals surface area contributed by atoms with Crippen molar-refractivity contribution in [3.05, 3.63) is 58.4 Å². The fourth-order valence-electron chi connectivity index (χ4n) is 3.79. The molecule has 29 heavy (non-hydrogen) atoms. The fourth-order valence-corrected chi connectivity index (χ4v) is 4.08. The van der Waals surface area contributed by atoms with Crippen LogP contribution in [0, 0.1) is 5.82 Å². The minimum Gasteiger partial charge on any atom is -0.490 e. The maximum Gasteiger partial charge on any atom is 0.180 e. The van der Waals surface area contributed by atoms with E-state index < -0.39 is 0 Å². The van der Waals surface area contributed by atoms with Crippen LogP contribution in [0.15, 0.2) is 36.4 Å². The van der Waals surface area contributed by atoms with E-state index in [1.54, 1.807) is 12.1 Å². The minimum absolute atomic E-state index is 0.265. The van der Waals surface area contributed by atoms with Gasteiger partial charge < -0.3 is 14.8 Å². The van der Waals surface area contributed by atoms with Crippen LogP contribution in [-0.2, 0) is 13.2 Å². The summed E-state index contributed by atoms with van der Waals surface area (Å²) in [6, 6.07) is 10.7. The Balaban J connectivity index is 1.63. The van der Waals surface area contributed by atoms with Crippen LogP contribution in [0.25, 0.3) is 0 Å². The van der Waals surface area contributed by atoms with Crippen molar-refractivity contribution in [2.45, 2.75) is 45.9 Å². The number of benzene rings is 2. The molecule has 0 spiro atoms. The van der Waals surface area contributed by atoms with E-state index in [2.05, 4.69) is 17.1 Å². The van der Waals surface area contributed by atoms with E-state index in [1.807, 2.05) is 19.1 Å². The number of likely N-dealkylation sites (tertiary alicyclic amines) is 1. The monoisotopic (exact) mass is 420 g/mol.